The summed E-state index contributed by atoms with van der Waals surface area (Å²) in [4.78, 5) is 11.7. The van der Waals surface area contributed by atoms with Crippen LogP contribution in [-0.4, -0.2) is 9.78 Å². The second-order valence-electron chi connectivity index (χ2n) is 3.99. The van der Waals surface area contributed by atoms with Crippen molar-refractivity contribution in [3.8, 4) is 0 Å². The molecule has 0 bridgehead atoms. The van der Waals surface area contributed by atoms with Gasteiger partial charge in [-0.05, 0) is 32.3 Å². The van der Waals surface area contributed by atoms with E-state index in [9.17, 15) is 4.79 Å². The van der Waals surface area contributed by atoms with Crippen LogP contribution < -0.4 is 5.56 Å². The number of aryl methyl sites for hydroxylation is 1. The van der Waals surface area contributed by atoms with Gasteiger partial charge in [-0.3, -0.25) is 4.79 Å². The summed E-state index contributed by atoms with van der Waals surface area (Å²) >= 11 is 0. The number of nitrogens with zero attached hydrogens (tertiary/aromatic N) is 2. The first-order chi connectivity index (χ1) is 6.59. The third-order valence-electron chi connectivity index (χ3n) is 2.95. The first-order valence-corrected chi connectivity index (χ1v) is 4.79. The largest absolute Gasteiger partial charge is 0.270 e. The van der Waals surface area contributed by atoms with Crippen LogP contribution in [0.3, 0.4) is 0 Å². The molecule has 3 heteroatoms. The average molecular weight is 190 g/mol. The first-order valence-electron chi connectivity index (χ1n) is 4.79. The minimum Gasteiger partial charge on any atom is -0.267 e. The zero-order chi connectivity index (χ0) is 10.3. The molecule has 0 spiro atoms. The summed E-state index contributed by atoms with van der Waals surface area (Å²) in [6.45, 7) is 4.22. The van der Waals surface area contributed by atoms with Crippen LogP contribution in [-0.2, 0) is 19.9 Å². The van der Waals surface area contributed by atoms with Crippen molar-refractivity contribution in [3.63, 3.8) is 0 Å². The van der Waals surface area contributed by atoms with Gasteiger partial charge in [-0.2, -0.15) is 5.10 Å². The average Bonchev–Trinajstić information content (AvgIpc) is 2.15. The molecule has 0 amide bonds. The lowest BCUT2D eigenvalue weighted by atomic mass is 9.89. The Kier molecular flexibility index (Phi) is 2.02. The molecule has 0 aliphatic heterocycles. The first kappa shape index (κ1) is 9.19. The molecule has 0 fully saturated rings. The predicted molar refractivity (Wildman–Crippen MR) is 55.3 cm³/mol. The molecule has 0 unspecified atom stereocenters. The molecule has 1 aromatic rings. The molecular formula is C11H14N2O. The highest BCUT2D eigenvalue weighted by atomic mass is 16.1. The Morgan fingerprint density at radius 2 is 1.93 bits per heavy atom. The Bertz CT molecular complexity index is 469. The Balaban J connectivity index is 2.60. The van der Waals surface area contributed by atoms with Gasteiger partial charge in [0.25, 0.3) is 5.56 Å². The van der Waals surface area contributed by atoms with Gasteiger partial charge in [0.2, 0.25) is 0 Å². The summed E-state index contributed by atoms with van der Waals surface area (Å²) in [6, 6.07) is 0. The monoisotopic (exact) mass is 190 g/mol. The van der Waals surface area contributed by atoms with Crippen LogP contribution in [0, 0.1) is 0 Å². The minimum atomic E-state index is 0.0503. The molecule has 0 atom stereocenters. The summed E-state index contributed by atoms with van der Waals surface area (Å²) in [5, 5.41) is 4.03. The van der Waals surface area contributed by atoms with Crippen LogP contribution >= 0.6 is 0 Å². The number of allylic oxidation sites excluding steroid dienone is 2. The predicted octanol–water partition coefficient (Wildman–Crippen LogP) is 1.22. The standard InChI is InChI=1S/C11H14N2O/c1-7-4-9-6-12-13(3)11(14)10(9)5-8(7)2/h6H,4-5H2,1-3H3. The highest BCUT2D eigenvalue weighted by Gasteiger charge is 2.16. The normalized spacial score (nSPS) is 15.6. The van der Waals surface area contributed by atoms with Crippen LogP contribution in [0.4, 0.5) is 0 Å². The fourth-order valence-corrected chi connectivity index (χ4v) is 1.81. The van der Waals surface area contributed by atoms with Crippen molar-refractivity contribution in [2.24, 2.45) is 7.05 Å². The van der Waals surface area contributed by atoms with Crippen molar-refractivity contribution in [2.45, 2.75) is 26.7 Å². The van der Waals surface area contributed by atoms with Crippen molar-refractivity contribution >= 4 is 0 Å². The summed E-state index contributed by atoms with van der Waals surface area (Å²) in [7, 11) is 1.70. The van der Waals surface area contributed by atoms with E-state index in [0.29, 0.717) is 0 Å². The maximum Gasteiger partial charge on any atom is 0.270 e. The number of aromatic nitrogens is 2. The van der Waals surface area contributed by atoms with E-state index in [-0.39, 0.29) is 5.56 Å². The molecule has 1 aromatic heterocycles. The summed E-state index contributed by atoms with van der Waals surface area (Å²) in [6.07, 6.45) is 3.48. The van der Waals surface area contributed by atoms with E-state index in [1.165, 1.54) is 15.8 Å². The molecule has 0 saturated carbocycles. The van der Waals surface area contributed by atoms with E-state index in [1.54, 1.807) is 7.05 Å². The Morgan fingerprint density at radius 3 is 2.64 bits per heavy atom. The molecule has 2 rings (SSSR count). The molecular weight excluding hydrogens is 176 g/mol. The van der Waals surface area contributed by atoms with E-state index in [2.05, 4.69) is 18.9 Å². The maximum absolute atomic E-state index is 11.7. The van der Waals surface area contributed by atoms with Gasteiger partial charge in [0.15, 0.2) is 0 Å². The minimum absolute atomic E-state index is 0.0503. The van der Waals surface area contributed by atoms with Crippen LogP contribution in [0.15, 0.2) is 22.1 Å². The van der Waals surface area contributed by atoms with Crippen molar-refractivity contribution in [1.82, 2.24) is 9.78 Å². The number of hydrogen-bond donors (Lipinski definition) is 0. The molecule has 14 heavy (non-hydrogen) atoms. The Labute approximate surface area is 83.1 Å². The number of fused-ring (bicyclic) bond motifs is 1. The molecule has 0 N–H and O–H groups in total. The highest BCUT2D eigenvalue weighted by molar-refractivity contribution is 5.36. The van der Waals surface area contributed by atoms with Gasteiger partial charge in [0.1, 0.15) is 0 Å². The fourth-order valence-electron chi connectivity index (χ4n) is 1.81. The smallest absolute Gasteiger partial charge is 0.267 e. The van der Waals surface area contributed by atoms with E-state index in [1.807, 2.05) is 6.20 Å². The van der Waals surface area contributed by atoms with E-state index in [4.69, 9.17) is 0 Å². The topological polar surface area (TPSA) is 34.9 Å². The lowest BCUT2D eigenvalue weighted by Crippen LogP contribution is -2.27. The molecule has 3 nitrogen and oxygen atoms in total. The third-order valence-corrected chi connectivity index (χ3v) is 2.95. The molecule has 0 saturated heterocycles. The van der Waals surface area contributed by atoms with Crippen LogP contribution in [0.1, 0.15) is 25.0 Å². The van der Waals surface area contributed by atoms with E-state index >= 15 is 0 Å². The van der Waals surface area contributed by atoms with Gasteiger partial charge in [-0.25, -0.2) is 4.68 Å². The number of hydrogen-bond acceptors (Lipinski definition) is 2. The zero-order valence-corrected chi connectivity index (χ0v) is 8.79. The quantitative estimate of drug-likeness (QED) is 0.576. The number of rotatable bonds is 0. The van der Waals surface area contributed by atoms with Crippen molar-refractivity contribution in [3.05, 3.63) is 38.8 Å². The summed E-state index contributed by atoms with van der Waals surface area (Å²) in [5.74, 6) is 0. The Hall–Kier alpha value is -1.38. The van der Waals surface area contributed by atoms with E-state index < -0.39 is 0 Å². The Morgan fingerprint density at radius 1 is 1.29 bits per heavy atom. The van der Waals surface area contributed by atoms with Gasteiger partial charge in [-0.1, -0.05) is 11.1 Å². The second-order valence-corrected chi connectivity index (χ2v) is 3.99. The third kappa shape index (κ3) is 1.29. The molecule has 0 radical (unpaired) electrons. The molecule has 1 aliphatic rings. The fraction of sp³-hybridized carbons (Fsp3) is 0.455. The van der Waals surface area contributed by atoms with Crippen molar-refractivity contribution < 1.29 is 0 Å². The highest BCUT2D eigenvalue weighted by Crippen LogP contribution is 2.22. The molecule has 74 valence electrons. The zero-order valence-electron chi connectivity index (χ0n) is 8.79. The van der Waals surface area contributed by atoms with Crippen molar-refractivity contribution in [1.29, 1.82) is 0 Å². The SMILES string of the molecule is CC1=C(C)Cc2c(cnn(C)c2=O)C1. The van der Waals surface area contributed by atoms with Crippen LogP contribution in [0.5, 0.6) is 0 Å². The van der Waals surface area contributed by atoms with Gasteiger partial charge in [-0.15, -0.1) is 0 Å². The van der Waals surface area contributed by atoms with Gasteiger partial charge >= 0.3 is 0 Å². The lowest BCUT2D eigenvalue weighted by Gasteiger charge is -2.17. The second kappa shape index (κ2) is 3.08. The van der Waals surface area contributed by atoms with Gasteiger partial charge in [0.05, 0.1) is 6.20 Å². The molecule has 1 aliphatic carbocycles. The summed E-state index contributed by atoms with van der Waals surface area (Å²) < 4.78 is 1.41. The summed E-state index contributed by atoms with van der Waals surface area (Å²) in [5.41, 5.74) is 4.75. The van der Waals surface area contributed by atoms with Crippen LogP contribution in [0.25, 0.3) is 0 Å². The molecule has 1 heterocycles. The van der Waals surface area contributed by atoms with Gasteiger partial charge in [0, 0.05) is 12.6 Å². The molecule has 0 aromatic carbocycles. The van der Waals surface area contributed by atoms with Crippen LogP contribution in [0.2, 0.25) is 0 Å². The lowest BCUT2D eigenvalue weighted by molar-refractivity contribution is 0.681. The van der Waals surface area contributed by atoms with E-state index in [0.717, 1.165) is 24.0 Å². The maximum atomic E-state index is 11.7. The van der Waals surface area contributed by atoms with Crippen molar-refractivity contribution in [2.75, 3.05) is 0 Å². The van der Waals surface area contributed by atoms with Gasteiger partial charge < -0.3 is 0 Å².